The molecule has 0 saturated carbocycles. The van der Waals surface area contributed by atoms with E-state index >= 15 is 0 Å². The summed E-state index contributed by atoms with van der Waals surface area (Å²) in [5.74, 6) is -0.328. The second-order valence-electron chi connectivity index (χ2n) is 2.18. The summed E-state index contributed by atoms with van der Waals surface area (Å²) in [4.78, 5) is 11.2. The molecule has 0 aliphatic carbocycles. The molecule has 13 heavy (non-hydrogen) atoms. The van der Waals surface area contributed by atoms with E-state index in [-0.39, 0.29) is 5.97 Å². The van der Waals surface area contributed by atoms with Gasteiger partial charge in [-0.25, -0.2) is 4.79 Å². The SMILES string of the molecule is O=C(OCI)c1ccc(N=S)cc1. The highest BCUT2D eigenvalue weighted by Crippen LogP contribution is 2.12. The van der Waals surface area contributed by atoms with Crippen LogP contribution >= 0.6 is 22.6 Å². The molecule has 1 aromatic rings. The van der Waals surface area contributed by atoms with Crippen LogP contribution in [0.3, 0.4) is 0 Å². The van der Waals surface area contributed by atoms with Crippen molar-refractivity contribution >= 4 is 46.7 Å². The number of ether oxygens (including phenoxy) is 1. The highest BCUT2D eigenvalue weighted by Gasteiger charge is 2.04. The van der Waals surface area contributed by atoms with E-state index in [0.717, 1.165) is 0 Å². The Bertz CT molecular complexity index is 312. The smallest absolute Gasteiger partial charge is 0.338 e. The van der Waals surface area contributed by atoms with Gasteiger partial charge in [-0.1, -0.05) is 0 Å². The van der Waals surface area contributed by atoms with Gasteiger partial charge in [0.25, 0.3) is 0 Å². The van der Waals surface area contributed by atoms with Gasteiger partial charge in [0.2, 0.25) is 0 Å². The Hall–Kier alpha value is -0.560. The van der Waals surface area contributed by atoms with Gasteiger partial charge in [0.15, 0.2) is 0 Å². The van der Waals surface area contributed by atoms with Crippen molar-refractivity contribution in [1.82, 2.24) is 0 Å². The average molecular weight is 307 g/mol. The first-order chi connectivity index (χ1) is 6.27. The Kier molecular flexibility index (Phi) is 4.23. The number of carbonyl (C=O) groups is 1. The van der Waals surface area contributed by atoms with Gasteiger partial charge in [-0.3, -0.25) is 0 Å². The van der Waals surface area contributed by atoms with Gasteiger partial charge in [0, 0.05) is 12.4 Å². The summed E-state index contributed by atoms with van der Waals surface area (Å²) in [6, 6.07) is 6.63. The summed E-state index contributed by atoms with van der Waals surface area (Å²) in [5.41, 5.74) is 1.18. The second kappa shape index (κ2) is 5.23. The third kappa shape index (κ3) is 3.00. The van der Waals surface area contributed by atoms with Crippen LogP contribution < -0.4 is 0 Å². The van der Waals surface area contributed by atoms with Crippen LogP contribution in [0, 0.1) is 0 Å². The van der Waals surface area contributed by atoms with E-state index < -0.39 is 0 Å². The Balaban J connectivity index is 2.79. The van der Waals surface area contributed by atoms with Crippen molar-refractivity contribution in [1.29, 1.82) is 0 Å². The molecule has 0 N–H and O–H groups in total. The van der Waals surface area contributed by atoms with Gasteiger partial charge in [0.1, 0.15) is 4.61 Å². The minimum Gasteiger partial charge on any atom is -0.451 e. The van der Waals surface area contributed by atoms with Crippen LogP contribution in [-0.2, 0) is 17.2 Å². The maximum Gasteiger partial charge on any atom is 0.338 e. The predicted octanol–water partition coefficient (Wildman–Crippen LogP) is 2.60. The summed E-state index contributed by atoms with van der Waals surface area (Å²) in [6.45, 7) is 0. The van der Waals surface area contributed by atoms with Gasteiger partial charge in [-0.05, 0) is 46.9 Å². The lowest BCUT2D eigenvalue weighted by Gasteiger charge is -1.99. The van der Waals surface area contributed by atoms with E-state index in [4.69, 9.17) is 4.74 Å². The standard InChI is InChI=1S/C8H6INO2S/c9-5-12-8(11)6-1-3-7(10-13)4-2-6/h1-4H,5H2. The van der Waals surface area contributed by atoms with Gasteiger partial charge >= 0.3 is 5.97 Å². The first-order valence-electron chi connectivity index (χ1n) is 3.44. The Morgan fingerprint density at radius 2 is 2.08 bits per heavy atom. The highest BCUT2D eigenvalue weighted by atomic mass is 127. The summed E-state index contributed by atoms with van der Waals surface area (Å²) >= 11 is 6.45. The van der Waals surface area contributed by atoms with E-state index in [1.165, 1.54) is 0 Å². The third-order valence-electron chi connectivity index (χ3n) is 1.39. The predicted molar refractivity (Wildman–Crippen MR) is 60.2 cm³/mol. The molecule has 1 rings (SSSR count). The van der Waals surface area contributed by atoms with Gasteiger partial charge in [-0.15, -0.1) is 0 Å². The van der Waals surface area contributed by atoms with Gasteiger partial charge in [-0.2, -0.15) is 4.36 Å². The number of esters is 1. The second-order valence-corrected chi connectivity index (χ2v) is 2.98. The molecular formula is C8H6INO2S. The maximum atomic E-state index is 11.2. The van der Waals surface area contributed by atoms with E-state index in [9.17, 15) is 4.79 Å². The molecule has 5 heteroatoms. The molecule has 0 saturated heterocycles. The van der Waals surface area contributed by atoms with Crippen molar-refractivity contribution in [2.75, 3.05) is 4.61 Å². The van der Waals surface area contributed by atoms with Crippen LogP contribution in [-0.4, -0.2) is 10.6 Å². The van der Waals surface area contributed by atoms with Crippen LogP contribution in [0.1, 0.15) is 10.4 Å². The van der Waals surface area contributed by atoms with Gasteiger partial charge < -0.3 is 4.74 Å². The van der Waals surface area contributed by atoms with E-state index in [0.29, 0.717) is 15.9 Å². The van der Waals surface area contributed by atoms with Crippen LogP contribution in [0.15, 0.2) is 28.6 Å². The Morgan fingerprint density at radius 1 is 1.46 bits per heavy atom. The molecule has 1 aromatic carbocycles. The van der Waals surface area contributed by atoms with Crippen LogP contribution in [0.25, 0.3) is 0 Å². The first kappa shape index (κ1) is 10.5. The first-order valence-corrected chi connectivity index (χ1v) is 5.33. The Morgan fingerprint density at radius 3 is 2.54 bits per heavy atom. The number of nitrogens with zero attached hydrogens (tertiary/aromatic N) is 1. The zero-order chi connectivity index (χ0) is 9.68. The number of hydrogen-bond donors (Lipinski definition) is 0. The Labute approximate surface area is 94.8 Å². The van der Waals surface area contributed by atoms with Gasteiger partial charge in [0.05, 0.1) is 11.3 Å². The van der Waals surface area contributed by atoms with E-state index in [1.807, 2.05) is 22.6 Å². The topological polar surface area (TPSA) is 38.7 Å². The van der Waals surface area contributed by atoms with Crippen molar-refractivity contribution < 1.29 is 9.53 Å². The number of hydrogen-bond acceptors (Lipinski definition) is 4. The third-order valence-corrected chi connectivity index (χ3v) is 1.92. The molecule has 0 radical (unpaired) electrons. The van der Waals surface area contributed by atoms with Crippen LogP contribution in [0.2, 0.25) is 0 Å². The van der Waals surface area contributed by atoms with E-state index in [2.05, 4.69) is 16.8 Å². The van der Waals surface area contributed by atoms with E-state index in [1.54, 1.807) is 24.3 Å². The number of carbonyl (C=O) groups excluding carboxylic acids is 1. The fourth-order valence-electron chi connectivity index (χ4n) is 0.791. The molecule has 0 spiro atoms. The largest absolute Gasteiger partial charge is 0.451 e. The number of benzene rings is 1. The molecule has 0 aliphatic heterocycles. The van der Waals surface area contributed by atoms with Crippen molar-refractivity contribution in [3.05, 3.63) is 29.8 Å². The summed E-state index contributed by atoms with van der Waals surface area (Å²) < 4.78 is 8.69. The molecule has 0 atom stereocenters. The lowest BCUT2D eigenvalue weighted by Crippen LogP contribution is -2.02. The minimum absolute atomic E-state index is 0.328. The van der Waals surface area contributed by atoms with Crippen molar-refractivity contribution in [3.8, 4) is 0 Å². The molecule has 0 aromatic heterocycles. The maximum absolute atomic E-state index is 11.2. The molecule has 3 nitrogen and oxygen atoms in total. The van der Waals surface area contributed by atoms with Crippen molar-refractivity contribution in [2.24, 2.45) is 4.36 Å². The fraction of sp³-hybridized carbons (Fsp3) is 0.125. The van der Waals surface area contributed by atoms with Crippen LogP contribution in [0.5, 0.6) is 0 Å². The summed E-state index contributed by atoms with van der Waals surface area (Å²) in [5, 5.41) is 0. The summed E-state index contributed by atoms with van der Waals surface area (Å²) in [6.07, 6.45) is 0. The highest BCUT2D eigenvalue weighted by molar-refractivity contribution is 14.1. The monoisotopic (exact) mass is 307 g/mol. The lowest BCUT2D eigenvalue weighted by molar-refractivity contribution is 0.0590. The molecule has 0 unspecified atom stereocenters. The quantitative estimate of drug-likeness (QED) is 0.489. The molecule has 68 valence electrons. The average Bonchev–Trinajstić information content (AvgIpc) is 2.18. The zero-order valence-corrected chi connectivity index (χ0v) is 9.54. The minimum atomic E-state index is -0.328. The fourth-order valence-corrected chi connectivity index (χ4v) is 1.20. The molecule has 0 amide bonds. The van der Waals surface area contributed by atoms with Crippen molar-refractivity contribution in [2.45, 2.75) is 0 Å². The number of halogens is 1. The van der Waals surface area contributed by atoms with Crippen LogP contribution in [0.4, 0.5) is 5.69 Å². The normalized spacial score (nSPS) is 9.31. The molecule has 0 aliphatic rings. The zero-order valence-electron chi connectivity index (χ0n) is 6.57. The number of alkyl halides is 1. The summed E-state index contributed by atoms with van der Waals surface area (Å²) in [7, 11) is 0. The van der Waals surface area contributed by atoms with Crippen molar-refractivity contribution in [3.63, 3.8) is 0 Å². The molecular weight excluding hydrogens is 301 g/mol. The molecule has 0 bridgehead atoms. The lowest BCUT2D eigenvalue weighted by atomic mass is 10.2. The molecule has 0 heterocycles. The molecule has 0 fully saturated rings. The number of rotatable bonds is 3.